The normalized spacial score (nSPS) is 25.0. The molecule has 2 amide bonds. The highest BCUT2D eigenvalue weighted by Gasteiger charge is 2.64. The number of hydrogen-bond acceptors (Lipinski definition) is 3. The number of carbonyl (C=O) groups is 2. The minimum Gasteiger partial charge on any atom is -0.314 e. The first-order chi connectivity index (χ1) is 13.8. The lowest BCUT2D eigenvalue weighted by Gasteiger charge is -2.33. The lowest BCUT2D eigenvalue weighted by Crippen LogP contribution is -2.50. The van der Waals surface area contributed by atoms with Gasteiger partial charge in [-0.2, -0.15) is 0 Å². The van der Waals surface area contributed by atoms with E-state index in [1.165, 1.54) is 0 Å². The molecule has 2 heterocycles. The van der Waals surface area contributed by atoms with Gasteiger partial charge in [-0.25, -0.2) is 0 Å². The van der Waals surface area contributed by atoms with Crippen LogP contribution in [0.5, 0.6) is 0 Å². The Morgan fingerprint density at radius 2 is 1.90 bits per heavy atom. The highest BCUT2D eigenvalue weighted by molar-refractivity contribution is 8.02. The van der Waals surface area contributed by atoms with Crippen LogP contribution in [0.1, 0.15) is 37.8 Å². The molecular formula is C23H23ClN2O2S. The van der Waals surface area contributed by atoms with Crippen molar-refractivity contribution in [1.82, 2.24) is 4.90 Å². The van der Waals surface area contributed by atoms with E-state index in [-0.39, 0.29) is 22.5 Å². The second-order valence-electron chi connectivity index (χ2n) is 8.74. The van der Waals surface area contributed by atoms with Crippen LogP contribution in [0.3, 0.4) is 0 Å². The van der Waals surface area contributed by atoms with Gasteiger partial charge in [0.05, 0.1) is 12.2 Å². The van der Waals surface area contributed by atoms with Gasteiger partial charge in [-0.15, -0.1) is 11.8 Å². The summed E-state index contributed by atoms with van der Waals surface area (Å²) >= 11 is 7.96. The Bertz CT molecular complexity index is 1010. The number of halogens is 1. The molecule has 0 unspecified atom stereocenters. The largest absolute Gasteiger partial charge is 0.314 e. The maximum absolute atomic E-state index is 14.0. The molecule has 1 spiro atoms. The molecule has 29 heavy (non-hydrogen) atoms. The number of hydrogen-bond donors (Lipinski definition) is 0. The van der Waals surface area contributed by atoms with Crippen LogP contribution in [0.4, 0.5) is 5.69 Å². The molecule has 3 aliphatic rings. The van der Waals surface area contributed by atoms with Crippen LogP contribution < -0.4 is 4.90 Å². The van der Waals surface area contributed by atoms with Gasteiger partial charge in [0.2, 0.25) is 5.91 Å². The van der Waals surface area contributed by atoms with E-state index in [9.17, 15) is 9.59 Å². The summed E-state index contributed by atoms with van der Waals surface area (Å²) in [5.41, 5.74) is 2.75. The van der Waals surface area contributed by atoms with E-state index in [4.69, 9.17) is 11.6 Å². The first kappa shape index (κ1) is 19.0. The quantitative estimate of drug-likeness (QED) is 0.707. The Morgan fingerprint density at radius 1 is 1.17 bits per heavy atom. The molecule has 2 aromatic rings. The van der Waals surface area contributed by atoms with E-state index < -0.39 is 4.87 Å². The molecule has 150 valence electrons. The van der Waals surface area contributed by atoms with Gasteiger partial charge in [0.25, 0.3) is 5.91 Å². The first-order valence-corrected chi connectivity index (χ1v) is 11.2. The van der Waals surface area contributed by atoms with Gasteiger partial charge in [0, 0.05) is 27.8 Å². The van der Waals surface area contributed by atoms with Crippen LogP contribution in [0.15, 0.2) is 48.5 Å². The summed E-state index contributed by atoms with van der Waals surface area (Å²) in [7, 11) is 0. The summed E-state index contributed by atoms with van der Waals surface area (Å²) in [5, 5.41) is 0.585. The van der Waals surface area contributed by atoms with E-state index in [0.717, 1.165) is 29.7 Å². The molecule has 2 aromatic carbocycles. The lowest BCUT2D eigenvalue weighted by atomic mass is 10.0. The van der Waals surface area contributed by atoms with Crippen LogP contribution in [-0.4, -0.2) is 28.0 Å². The second-order valence-corrected chi connectivity index (χ2v) is 11.1. The van der Waals surface area contributed by atoms with Crippen LogP contribution in [0.25, 0.3) is 0 Å². The summed E-state index contributed by atoms with van der Waals surface area (Å²) in [6.07, 6.45) is 1.83. The zero-order valence-electron chi connectivity index (χ0n) is 16.5. The molecule has 0 aromatic heterocycles. The fourth-order valence-corrected chi connectivity index (χ4v) is 6.37. The fraction of sp³-hybridized carbons (Fsp3) is 0.391. The first-order valence-electron chi connectivity index (χ1n) is 9.99. The molecule has 6 heteroatoms. The monoisotopic (exact) mass is 426 g/mol. The van der Waals surface area contributed by atoms with Gasteiger partial charge in [0.1, 0.15) is 0 Å². The lowest BCUT2D eigenvalue weighted by molar-refractivity contribution is -0.141. The number of amides is 2. The van der Waals surface area contributed by atoms with Crippen molar-refractivity contribution in [1.29, 1.82) is 0 Å². The standard InChI is InChI=1S/C23H23ClN2O2S/c1-22(2)14-26(20(27)16-8-9-16)23(29-22)18-12-17(24)10-11-19(18)25(21(23)28)13-15-6-4-3-5-7-15/h3-7,10-12,16H,8-9,13-14H2,1-2H3/t23-/m0/s1. The number of carbonyl (C=O) groups excluding carboxylic acids is 2. The minimum absolute atomic E-state index is 0.0387. The highest BCUT2D eigenvalue weighted by atomic mass is 35.5. The fourth-order valence-electron chi connectivity index (χ4n) is 4.47. The van der Waals surface area contributed by atoms with Gasteiger partial charge in [-0.1, -0.05) is 41.9 Å². The summed E-state index contributed by atoms with van der Waals surface area (Å²) in [6, 6.07) is 15.6. The van der Waals surface area contributed by atoms with Gasteiger partial charge >= 0.3 is 0 Å². The van der Waals surface area contributed by atoms with Crippen molar-refractivity contribution in [3.8, 4) is 0 Å². The summed E-state index contributed by atoms with van der Waals surface area (Å²) < 4.78 is -0.220. The third kappa shape index (κ3) is 2.98. The number of thioether (sulfide) groups is 1. The van der Waals surface area contributed by atoms with Gasteiger partial charge < -0.3 is 9.80 Å². The van der Waals surface area contributed by atoms with E-state index in [1.807, 2.05) is 58.3 Å². The summed E-state index contributed by atoms with van der Waals surface area (Å²) in [4.78, 5) is 29.9. The number of benzene rings is 2. The predicted molar refractivity (Wildman–Crippen MR) is 117 cm³/mol. The molecule has 1 aliphatic carbocycles. The molecule has 0 bridgehead atoms. The molecular weight excluding hydrogens is 404 g/mol. The van der Waals surface area contributed by atoms with E-state index >= 15 is 0 Å². The van der Waals surface area contributed by atoms with E-state index in [0.29, 0.717) is 18.1 Å². The third-order valence-corrected chi connectivity index (χ3v) is 7.70. The van der Waals surface area contributed by atoms with Crippen LogP contribution >= 0.6 is 23.4 Å². The van der Waals surface area contributed by atoms with Gasteiger partial charge in [-0.05, 0) is 50.5 Å². The van der Waals surface area contributed by atoms with Crippen molar-refractivity contribution in [3.63, 3.8) is 0 Å². The van der Waals surface area contributed by atoms with E-state index in [1.54, 1.807) is 11.8 Å². The van der Waals surface area contributed by atoms with E-state index in [2.05, 4.69) is 13.8 Å². The third-order valence-electron chi connectivity index (χ3n) is 5.87. The Balaban J connectivity index is 1.65. The molecule has 2 aliphatic heterocycles. The average molecular weight is 427 g/mol. The summed E-state index contributed by atoms with van der Waals surface area (Å²) in [6.45, 7) is 5.25. The molecule has 0 radical (unpaired) electrons. The van der Waals surface area contributed by atoms with Crippen molar-refractivity contribution in [3.05, 3.63) is 64.7 Å². The number of fused-ring (bicyclic) bond motifs is 2. The van der Waals surface area contributed by atoms with Crippen LogP contribution in [0, 0.1) is 5.92 Å². The molecule has 5 rings (SSSR count). The molecule has 4 nitrogen and oxygen atoms in total. The Hall–Kier alpha value is -1.98. The SMILES string of the molecule is CC1(C)CN(C(=O)C2CC2)[C@@]2(S1)C(=O)N(Cc1ccccc1)c1ccc(Cl)cc12. The van der Waals surface area contributed by atoms with Crippen molar-refractivity contribution in [2.24, 2.45) is 5.92 Å². The molecule has 0 N–H and O–H groups in total. The van der Waals surface area contributed by atoms with Gasteiger partial charge in [-0.3, -0.25) is 9.59 Å². The van der Waals surface area contributed by atoms with Gasteiger partial charge in [0.15, 0.2) is 4.87 Å². The van der Waals surface area contributed by atoms with Crippen molar-refractivity contribution in [2.75, 3.05) is 11.4 Å². The Morgan fingerprint density at radius 3 is 2.59 bits per heavy atom. The number of anilines is 1. The highest BCUT2D eigenvalue weighted by Crippen LogP contribution is 2.61. The second kappa shape index (κ2) is 6.51. The smallest absolute Gasteiger partial charge is 0.268 e. The molecule has 1 saturated carbocycles. The van der Waals surface area contributed by atoms with Crippen LogP contribution in [0.2, 0.25) is 5.02 Å². The van der Waals surface area contributed by atoms with Crippen LogP contribution in [-0.2, 0) is 21.0 Å². The Labute approximate surface area is 180 Å². The number of rotatable bonds is 3. The molecule has 2 fully saturated rings. The zero-order valence-corrected chi connectivity index (χ0v) is 18.1. The average Bonchev–Trinajstić information content (AvgIpc) is 3.46. The maximum Gasteiger partial charge on any atom is 0.268 e. The molecule has 1 atom stereocenters. The summed E-state index contributed by atoms with van der Waals surface area (Å²) in [5.74, 6) is 0.118. The number of nitrogens with zero attached hydrogens (tertiary/aromatic N) is 2. The Kier molecular flexibility index (Phi) is 4.27. The minimum atomic E-state index is -1.03. The van der Waals surface area contributed by atoms with Crippen molar-refractivity contribution in [2.45, 2.75) is 42.9 Å². The van der Waals surface area contributed by atoms with Crippen molar-refractivity contribution < 1.29 is 9.59 Å². The zero-order chi connectivity index (χ0) is 20.4. The molecule has 1 saturated heterocycles. The topological polar surface area (TPSA) is 40.6 Å². The van der Waals surface area contributed by atoms with Crippen molar-refractivity contribution >= 4 is 40.9 Å². The predicted octanol–water partition coefficient (Wildman–Crippen LogP) is 4.80. The maximum atomic E-state index is 14.0.